The second kappa shape index (κ2) is 9.79. The minimum Gasteiger partial charge on any atom is -0.356 e. The highest BCUT2D eigenvalue weighted by atomic mass is 79.9. The molecular weight excluding hydrogens is 370 g/mol. The smallest absolute Gasteiger partial charge is 0.225 e. The molecule has 0 spiro atoms. The Kier molecular flexibility index (Phi) is 7.72. The van der Waals surface area contributed by atoms with Crippen LogP contribution in [0.1, 0.15) is 32.6 Å². The molecule has 1 heterocycles. The van der Waals surface area contributed by atoms with Gasteiger partial charge in [0.2, 0.25) is 11.8 Å². The highest BCUT2D eigenvalue weighted by Gasteiger charge is 2.24. The monoisotopic (exact) mass is 395 g/mol. The van der Waals surface area contributed by atoms with Gasteiger partial charge in [-0.25, -0.2) is 0 Å². The second-order valence-electron chi connectivity index (χ2n) is 6.18. The van der Waals surface area contributed by atoms with Crippen molar-refractivity contribution in [3.05, 3.63) is 28.7 Å². The van der Waals surface area contributed by atoms with Crippen molar-refractivity contribution < 1.29 is 9.59 Å². The van der Waals surface area contributed by atoms with Crippen molar-refractivity contribution in [2.75, 3.05) is 31.5 Å². The van der Waals surface area contributed by atoms with Crippen LogP contribution in [0, 0.1) is 5.92 Å². The van der Waals surface area contributed by atoms with Crippen LogP contribution in [0.5, 0.6) is 0 Å². The van der Waals surface area contributed by atoms with Crippen molar-refractivity contribution in [3.63, 3.8) is 0 Å². The molecule has 5 nitrogen and oxygen atoms in total. The molecule has 1 aromatic carbocycles. The van der Waals surface area contributed by atoms with Gasteiger partial charge in [0.15, 0.2) is 0 Å². The Morgan fingerprint density at radius 1 is 1.25 bits per heavy atom. The zero-order chi connectivity index (χ0) is 17.4. The van der Waals surface area contributed by atoms with Gasteiger partial charge in [-0.1, -0.05) is 19.1 Å². The van der Waals surface area contributed by atoms with Gasteiger partial charge in [-0.3, -0.25) is 9.59 Å². The number of amides is 2. The van der Waals surface area contributed by atoms with E-state index in [1.54, 1.807) is 0 Å². The summed E-state index contributed by atoms with van der Waals surface area (Å²) in [7, 11) is 0. The van der Waals surface area contributed by atoms with Gasteiger partial charge in [0.05, 0.1) is 5.69 Å². The Hall–Kier alpha value is -1.40. The molecule has 2 amide bonds. The number of halogens is 1. The van der Waals surface area contributed by atoms with E-state index in [-0.39, 0.29) is 17.7 Å². The highest BCUT2D eigenvalue weighted by Crippen LogP contribution is 2.21. The lowest BCUT2D eigenvalue weighted by molar-refractivity contribution is -0.126. The Morgan fingerprint density at radius 3 is 2.62 bits per heavy atom. The van der Waals surface area contributed by atoms with E-state index < -0.39 is 0 Å². The molecule has 0 unspecified atom stereocenters. The van der Waals surface area contributed by atoms with Crippen molar-refractivity contribution in [3.8, 4) is 0 Å². The van der Waals surface area contributed by atoms with Crippen LogP contribution in [0.25, 0.3) is 0 Å². The fourth-order valence-corrected chi connectivity index (χ4v) is 3.23. The van der Waals surface area contributed by atoms with Crippen LogP contribution in [-0.4, -0.2) is 42.9 Å². The number of piperidine rings is 1. The van der Waals surface area contributed by atoms with Crippen molar-refractivity contribution in [2.24, 2.45) is 5.92 Å². The average molecular weight is 396 g/mol. The summed E-state index contributed by atoms with van der Waals surface area (Å²) in [6, 6.07) is 7.60. The van der Waals surface area contributed by atoms with Crippen LogP contribution in [0.3, 0.4) is 0 Å². The molecule has 6 heteroatoms. The van der Waals surface area contributed by atoms with Gasteiger partial charge < -0.3 is 15.5 Å². The number of anilines is 1. The van der Waals surface area contributed by atoms with Gasteiger partial charge in [-0.15, -0.1) is 0 Å². The molecule has 1 saturated heterocycles. The summed E-state index contributed by atoms with van der Waals surface area (Å²) in [6.45, 7) is 5.31. The molecule has 1 aromatic rings. The largest absolute Gasteiger partial charge is 0.356 e. The van der Waals surface area contributed by atoms with Crippen molar-refractivity contribution >= 4 is 33.4 Å². The molecule has 2 N–H and O–H groups in total. The lowest BCUT2D eigenvalue weighted by Crippen LogP contribution is -2.41. The summed E-state index contributed by atoms with van der Waals surface area (Å²) in [5.74, 6) is 0.329. The summed E-state index contributed by atoms with van der Waals surface area (Å²) in [6.07, 6.45) is 3.19. The number of hydrogen-bond donors (Lipinski definition) is 2. The van der Waals surface area contributed by atoms with Crippen LogP contribution in [-0.2, 0) is 9.59 Å². The summed E-state index contributed by atoms with van der Waals surface area (Å²) >= 11 is 3.43. The Balaban J connectivity index is 1.68. The Labute approximate surface area is 152 Å². The fraction of sp³-hybridized carbons (Fsp3) is 0.556. The minimum absolute atomic E-state index is 0.0183. The van der Waals surface area contributed by atoms with Crippen LogP contribution >= 0.6 is 15.9 Å². The number of carbonyl (C=O) groups is 2. The van der Waals surface area contributed by atoms with Gasteiger partial charge in [-0.2, -0.15) is 0 Å². The van der Waals surface area contributed by atoms with Crippen LogP contribution in [0.2, 0.25) is 0 Å². The van der Waals surface area contributed by atoms with Crippen molar-refractivity contribution in [1.82, 2.24) is 10.2 Å². The zero-order valence-corrected chi connectivity index (χ0v) is 15.8. The van der Waals surface area contributed by atoms with Gasteiger partial charge in [0.1, 0.15) is 0 Å². The normalized spacial score (nSPS) is 15.9. The molecule has 0 bridgehead atoms. The molecule has 0 aromatic heterocycles. The standard InChI is InChI=1S/C18H26BrN3O2/c1-2-10-20-18(24)14-7-11-22(12-8-14)13-9-17(23)21-16-6-4-3-5-15(16)19/h3-6,14H,2,7-13H2,1H3,(H,20,24)(H,21,23). The van der Waals surface area contributed by atoms with Crippen LogP contribution in [0.4, 0.5) is 5.69 Å². The number of hydrogen-bond acceptors (Lipinski definition) is 3. The first-order valence-electron chi connectivity index (χ1n) is 8.64. The second-order valence-corrected chi connectivity index (χ2v) is 7.04. The number of nitrogens with zero attached hydrogens (tertiary/aromatic N) is 1. The molecule has 1 aliphatic heterocycles. The first-order valence-corrected chi connectivity index (χ1v) is 9.44. The molecule has 2 rings (SSSR count). The number of para-hydroxylation sites is 1. The molecule has 1 aliphatic rings. The quantitative estimate of drug-likeness (QED) is 0.745. The summed E-state index contributed by atoms with van der Waals surface area (Å²) < 4.78 is 0.886. The average Bonchev–Trinajstić information content (AvgIpc) is 2.60. The number of carbonyl (C=O) groups excluding carboxylic acids is 2. The lowest BCUT2D eigenvalue weighted by Gasteiger charge is -2.31. The van der Waals surface area contributed by atoms with Gasteiger partial charge >= 0.3 is 0 Å². The van der Waals surface area contributed by atoms with E-state index >= 15 is 0 Å². The molecule has 0 aliphatic carbocycles. The molecule has 0 atom stereocenters. The Bertz CT molecular complexity index is 557. The highest BCUT2D eigenvalue weighted by molar-refractivity contribution is 9.10. The molecular formula is C18H26BrN3O2. The number of likely N-dealkylation sites (tertiary alicyclic amines) is 1. The van der Waals surface area contributed by atoms with Crippen LogP contribution < -0.4 is 10.6 Å². The molecule has 132 valence electrons. The van der Waals surface area contributed by atoms with Gasteiger partial charge in [-0.05, 0) is 60.4 Å². The number of rotatable bonds is 7. The first kappa shape index (κ1) is 18.9. The minimum atomic E-state index is 0.0183. The van der Waals surface area contributed by atoms with Crippen LogP contribution in [0.15, 0.2) is 28.7 Å². The van der Waals surface area contributed by atoms with Gasteiger partial charge in [0, 0.05) is 29.9 Å². The van der Waals surface area contributed by atoms with Crippen molar-refractivity contribution in [2.45, 2.75) is 32.6 Å². The third kappa shape index (κ3) is 5.91. The van der Waals surface area contributed by atoms with E-state index in [1.807, 2.05) is 24.3 Å². The first-order chi connectivity index (χ1) is 11.6. The summed E-state index contributed by atoms with van der Waals surface area (Å²) in [5, 5.41) is 5.90. The predicted octanol–water partition coefficient (Wildman–Crippen LogP) is 3.02. The lowest BCUT2D eigenvalue weighted by atomic mass is 9.96. The molecule has 0 radical (unpaired) electrons. The topological polar surface area (TPSA) is 61.4 Å². The molecule has 1 fully saturated rings. The third-order valence-electron chi connectivity index (χ3n) is 4.31. The van der Waals surface area contributed by atoms with E-state index in [0.717, 1.165) is 55.6 Å². The SMILES string of the molecule is CCCNC(=O)C1CCN(CCC(=O)Nc2ccccc2Br)CC1. The fourth-order valence-electron chi connectivity index (χ4n) is 2.85. The molecule has 0 saturated carbocycles. The third-order valence-corrected chi connectivity index (χ3v) is 5.00. The maximum absolute atomic E-state index is 12.1. The number of nitrogens with one attached hydrogen (secondary N) is 2. The maximum atomic E-state index is 12.1. The summed E-state index contributed by atoms with van der Waals surface area (Å²) in [5.41, 5.74) is 0.800. The van der Waals surface area contributed by atoms with E-state index in [9.17, 15) is 9.59 Å². The molecule has 24 heavy (non-hydrogen) atoms. The van der Waals surface area contributed by atoms with E-state index in [1.165, 1.54) is 0 Å². The predicted molar refractivity (Wildman–Crippen MR) is 99.9 cm³/mol. The van der Waals surface area contributed by atoms with E-state index in [2.05, 4.69) is 38.4 Å². The maximum Gasteiger partial charge on any atom is 0.225 e. The summed E-state index contributed by atoms with van der Waals surface area (Å²) in [4.78, 5) is 26.3. The number of benzene rings is 1. The zero-order valence-electron chi connectivity index (χ0n) is 14.2. The van der Waals surface area contributed by atoms with E-state index in [4.69, 9.17) is 0 Å². The van der Waals surface area contributed by atoms with E-state index in [0.29, 0.717) is 6.42 Å². The Morgan fingerprint density at radius 2 is 1.96 bits per heavy atom. The van der Waals surface area contributed by atoms with Gasteiger partial charge in [0.25, 0.3) is 0 Å². The van der Waals surface area contributed by atoms with Crippen molar-refractivity contribution in [1.29, 1.82) is 0 Å².